The van der Waals surface area contributed by atoms with Crippen molar-refractivity contribution in [3.8, 4) is 10.6 Å². The molecule has 0 saturated carbocycles. The number of hydrogen-bond donors (Lipinski definition) is 1. The van der Waals surface area contributed by atoms with Crippen molar-refractivity contribution in [3.63, 3.8) is 0 Å². The van der Waals surface area contributed by atoms with E-state index in [0.717, 1.165) is 32.3 Å². The Balaban J connectivity index is 1.85. The zero-order chi connectivity index (χ0) is 19.8. The van der Waals surface area contributed by atoms with Crippen LogP contribution in [0.1, 0.15) is 27.3 Å². The molecule has 27 heavy (non-hydrogen) atoms. The first-order valence-electron chi connectivity index (χ1n) is 8.48. The summed E-state index contributed by atoms with van der Waals surface area (Å²) >= 11 is 7.59. The summed E-state index contributed by atoms with van der Waals surface area (Å²) in [5.74, 6) is 0. The van der Waals surface area contributed by atoms with Crippen LogP contribution in [-0.4, -0.2) is 13.4 Å². The molecule has 3 aromatic rings. The molecule has 0 aliphatic heterocycles. The van der Waals surface area contributed by atoms with Crippen molar-refractivity contribution in [2.24, 2.45) is 0 Å². The minimum Gasteiger partial charge on any atom is -0.241 e. The second-order valence-electron chi connectivity index (χ2n) is 6.53. The van der Waals surface area contributed by atoms with Gasteiger partial charge >= 0.3 is 0 Å². The van der Waals surface area contributed by atoms with Gasteiger partial charge in [0.1, 0.15) is 5.01 Å². The van der Waals surface area contributed by atoms with E-state index in [1.807, 2.05) is 38.1 Å². The molecule has 0 amide bonds. The highest BCUT2D eigenvalue weighted by atomic mass is 35.5. The summed E-state index contributed by atoms with van der Waals surface area (Å²) in [6.07, 6.45) is 0. The van der Waals surface area contributed by atoms with E-state index in [9.17, 15) is 8.42 Å². The smallest absolute Gasteiger partial charge is 0.241 e. The Morgan fingerprint density at radius 2 is 1.74 bits per heavy atom. The third-order valence-corrected chi connectivity index (χ3v) is 7.58. The first-order chi connectivity index (χ1) is 12.7. The van der Waals surface area contributed by atoms with Gasteiger partial charge in [-0.2, -0.15) is 0 Å². The van der Waals surface area contributed by atoms with E-state index >= 15 is 0 Å². The molecular weight excluding hydrogens is 400 g/mol. The Kier molecular flexibility index (Phi) is 5.72. The maximum Gasteiger partial charge on any atom is 0.241 e. The van der Waals surface area contributed by atoms with Crippen LogP contribution < -0.4 is 4.72 Å². The Morgan fingerprint density at radius 1 is 1.04 bits per heavy atom. The predicted octanol–water partition coefficient (Wildman–Crippen LogP) is 5.18. The van der Waals surface area contributed by atoms with Crippen LogP contribution in [0.4, 0.5) is 0 Å². The van der Waals surface area contributed by atoms with Crippen LogP contribution in [0.5, 0.6) is 0 Å². The van der Waals surface area contributed by atoms with Crippen molar-refractivity contribution in [1.82, 2.24) is 9.71 Å². The van der Waals surface area contributed by atoms with Crippen LogP contribution in [0, 0.1) is 27.7 Å². The van der Waals surface area contributed by atoms with Crippen molar-refractivity contribution < 1.29 is 8.42 Å². The van der Waals surface area contributed by atoms with E-state index in [4.69, 9.17) is 11.6 Å². The molecule has 3 rings (SSSR count). The first-order valence-corrected chi connectivity index (χ1v) is 11.2. The molecule has 1 heterocycles. The van der Waals surface area contributed by atoms with Crippen LogP contribution in [0.15, 0.2) is 41.3 Å². The highest BCUT2D eigenvalue weighted by Gasteiger charge is 2.19. The van der Waals surface area contributed by atoms with E-state index in [0.29, 0.717) is 10.6 Å². The van der Waals surface area contributed by atoms with Gasteiger partial charge in [0.15, 0.2) is 0 Å². The molecule has 0 aliphatic rings. The van der Waals surface area contributed by atoms with Gasteiger partial charge < -0.3 is 0 Å². The fraction of sp³-hybridized carbons (Fsp3) is 0.250. The summed E-state index contributed by atoms with van der Waals surface area (Å²) in [4.78, 5) is 5.78. The van der Waals surface area contributed by atoms with Gasteiger partial charge in [0.05, 0.1) is 10.6 Å². The molecule has 0 atom stereocenters. The number of nitrogens with zero attached hydrogens (tertiary/aromatic N) is 1. The molecule has 0 aliphatic carbocycles. The van der Waals surface area contributed by atoms with E-state index in [1.165, 1.54) is 11.3 Å². The Labute approximate surface area is 169 Å². The molecular formula is C20H21ClN2O2S2. The van der Waals surface area contributed by atoms with Crippen LogP contribution in [0.3, 0.4) is 0 Å². The van der Waals surface area contributed by atoms with Gasteiger partial charge in [-0.15, -0.1) is 11.3 Å². The molecule has 0 saturated heterocycles. The molecule has 2 aromatic carbocycles. The normalized spacial score (nSPS) is 11.7. The van der Waals surface area contributed by atoms with Gasteiger partial charge in [0, 0.05) is 22.0 Å². The lowest BCUT2D eigenvalue weighted by Gasteiger charge is -2.11. The van der Waals surface area contributed by atoms with Crippen LogP contribution in [0.2, 0.25) is 5.02 Å². The van der Waals surface area contributed by atoms with Gasteiger partial charge in [-0.25, -0.2) is 18.1 Å². The molecule has 0 bridgehead atoms. The standard InChI is InChI=1S/C20H21ClN2O2S2/c1-12-7-5-6-8-16(12)20-23-15(4)18(26-20)11-22-27(24,25)19-10-13(2)17(21)9-14(19)3/h5-10,22H,11H2,1-4H3. The quantitative estimate of drug-likeness (QED) is 0.618. The monoisotopic (exact) mass is 420 g/mol. The number of nitrogens with one attached hydrogen (secondary N) is 1. The van der Waals surface area contributed by atoms with Gasteiger partial charge in [0.2, 0.25) is 10.0 Å². The van der Waals surface area contributed by atoms with Gasteiger partial charge in [0.25, 0.3) is 0 Å². The SMILES string of the molecule is Cc1cc(S(=O)(=O)NCc2sc(-c3ccccc3C)nc2C)c(C)cc1Cl. The van der Waals surface area contributed by atoms with E-state index < -0.39 is 10.0 Å². The summed E-state index contributed by atoms with van der Waals surface area (Å²) in [6, 6.07) is 11.3. The highest BCUT2D eigenvalue weighted by Crippen LogP contribution is 2.30. The number of aromatic nitrogens is 1. The number of sulfonamides is 1. The zero-order valence-electron chi connectivity index (χ0n) is 15.6. The first kappa shape index (κ1) is 20.0. The van der Waals surface area contributed by atoms with Crippen molar-refractivity contribution in [3.05, 3.63) is 68.7 Å². The molecule has 1 N–H and O–H groups in total. The fourth-order valence-corrected chi connectivity index (χ4v) is 5.51. The lowest BCUT2D eigenvalue weighted by atomic mass is 10.1. The van der Waals surface area contributed by atoms with E-state index in [-0.39, 0.29) is 11.4 Å². The van der Waals surface area contributed by atoms with Crippen LogP contribution in [0.25, 0.3) is 10.6 Å². The largest absolute Gasteiger partial charge is 0.241 e. The molecule has 0 unspecified atom stereocenters. The number of thiazole rings is 1. The van der Waals surface area contributed by atoms with Gasteiger partial charge in [-0.05, 0) is 56.5 Å². The topological polar surface area (TPSA) is 59.1 Å². The summed E-state index contributed by atoms with van der Waals surface area (Å²) < 4.78 is 28.2. The Morgan fingerprint density at radius 3 is 2.44 bits per heavy atom. The van der Waals surface area contributed by atoms with Crippen molar-refractivity contribution in [2.45, 2.75) is 39.1 Å². The van der Waals surface area contributed by atoms with Crippen LogP contribution in [-0.2, 0) is 16.6 Å². The van der Waals surface area contributed by atoms with E-state index in [2.05, 4.69) is 9.71 Å². The lowest BCUT2D eigenvalue weighted by molar-refractivity contribution is 0.581. The maximum atomic E-state index is 12.8. The predicted molar refractivity (Wildman–Crippen MR) is 112 cm³/mol. The van der Waals surface area contributed by atoms with Gasteiger partial charge in [-0.1, -0.05) is 35.9 Å². The molecule has 0 fully saturated rings. The van der Waals surface area contributed by atoms with Crippen molar-refractivity contribution >= 4 is 33.0 Å². The maximum absolute atomic E-state index is 12.8. The number of hydrogen-bond acceptors (Lipinski definition) is 4. The number of rotatable bonds is 5. The molecule has 4 nitrogen and oxygen atoms in total. The number of aryl methyl sites for hydroxylation is 4. The zero-order valence-corrected chi connectivity index (χ0v) is 18.0. The third kappa shape index (κ3) is 4.24. The van der Waals surface area contributed by atoms with E-state index in [1.54, 1.807) is 26.0 Å². The number of benzene rings is 2. The highest BCUT2D eigenvalue weighted by molar-refractivity contribution is 7.89. The summed E-state index contributed by atoms with van der Waals surface area (Å²) in [6.45, 7) is 7.69. The van der Waals surface area contributed by atoms with Crippen molar-refractivity contribution in [2.75, 3.05) is 0 Å². The van der Waals surface area contributed by atoms with Crippen molar-refractivity contribution in [1.29, 1.82) is 0 Å². The van der Waals surface area contributed by atoms with Crippen LogP contribution >= 0.6 is 22.9 Å². The average molecular weight is 421 g/mol. The second-order valence-corrected chi connectivity index (χ2v) is 9.76. The van der Waals surface area contributed by atoms with Gasteiger partial charge in [-0.3, -0.25) is 0 Å². The Hall–Kier alpha value is -1.73. The molecule has 0 spiro atoms. The second kappa shape index (κ2) is 7.72. The minimum atomic E-state index is -3.64. The average Bonchev–Trinajstić information content (AvgIpc) is 2.97. The Bertz CT molecular complexity index is 1110. The fourth-order valence-electron chi connectivity index (χ4n) is 2.80. The molecule has 142 valence electrons. The molecule has 7 heteroatoms. The lowest BCUT2D eigenvalue weighted by Crippen LogP contribution is -2.24. The third-order valence-electron chi connectivity index (χ3n) is 4.44. The summed E-state index contributed by atoms with van der Waals surface area (Å²) in [5, 5.41) is 1.46. The number of halogens is 1. The summed E-state index contributed by atoms with van der Waals surface area (Å²) in [5.41, 5.74) is 4.41. The summed E-state index contributed by atoms with van der Waals surface area (Å²) in [7, 11) is -3.64. The molecule has 1 aromatic heterocycles. The molecule has 0 radical (unpaired) electrons. The minimum absolute atomic E-state index is 0.207.